The van der Waals surface area contributed by atoms with Crippen LogP contribution in [0.3, 0.4) is 0 Å². The molecule has 0 amide bonds. The first kappa shape index (κ1) is 35.2. The van der Waals surface area contributed by atoms with Crippen molar-refractivity contribution in [3.63, 3.8) is 0 Å². The smallest absolute Gasteiger partial charge is 0.509 e. The monoisotopic (exact) mass is 841 g/mol. The Hall–Kier alpha value is -4.67. The molecule has 0 bridgehead atoms. The van der Waals surface area contributed by atoms with E-state index in [2.05, 4.69) is 92.9 Å². The summed E-state index contributed by atoms with van der Waals surface area (Å²) < 4.78 is 16.1. The molecule has 7 rings (SSSR count). The average molecular weight is 842 g/mol. The molecule has 0 saturated heterocycles. The van der Waals surface area contributed by atoms with Gasteiger partial charge in [0, 0.05) is 40.5 Å². The van der Waals surface area contributed by atoms with E-state index in [1.807, 2.05) is 54.1 Å². The molecule has 0 aliphatic heterocycles. The van der Waals surface area contributed by atoms with Crippen molar-refractivity contribution in [3.8, 4) is 39.9 Å². The summed E-state index contributed by atoms with van der Waals surface area (Å²) in [4.78, 5) is 4.75. The molecular formula is C43H42N4O2Pt. The number of aryl methyl sites for hydroxylation is 1. The number of ether oxygens (including phenoxy) is 2. The standard InChI is InChI=1S/C43H42N4O2.Pt/c1-7-12-28(2)23-29(3)33-17-20-40-39(24-33)38-19-18-37(26-41(38)46(40)42-27-35(48-6)21-22-44-42)49-36-16-11-15-34(25-36)47-31(5)43(30(4)45-47)32-13-9-8-10-14-32;/h8-11,13-22,24,27-29H,7,12,23H2,1-6H3;/q-2;+2. The largest absolute Gasteiger partial charge is 2.00 e. The molecule has 0 N–H and O–H groups in total. The second kappa shape index (κ2) is 15.1. The van der Waals surface area contributed by atoms with Crippen molar-refractivity contribution in [1.29, 1.82) is 0 Å². The van der Waals surface area contributed by atoms with Gasteiger partial charge in [0.05, 0.1) is 12.8 Å². The van der Waals surface area contributed by atoms with Crippen LogP contribution in [0.25, 0.3) is 44.4 Å². The molecule has 0 aliphatic rings. The molecule has 50 heavy (non-hydrogen) atoms. The normalized spacial score (nSPS) is 12.5. The zero-order chi connectivity index (χ0) is 34.1. The van der Waals surface area contributed by atoms with Crippen LogP contribution >= 0.6 is 0 Å². The molecule has 0 aliphatic carbocycles. The fraction of sp³-hybridized carbons (Fsp3) is 0.256. The van der Waals surface area contributed by atoms with Crippen molar-refractivity contribution < 1.29 is 30.5 Å². The van der Waals surface area contributed by atoms with Gasteiger partial charge in [0.15, 0.2) is 0 Å². The molecule has 256 valence electrons. The second-order valence-electron chi connectivity index (χ2n) is 13.1. The van der Waals surface area contributed by atoms with Crippen molar-refractivity contribution in [3.05, 3.63) is 126 Å². The number of hydrogen-bond donors (Lipinski definition) is 0. The van der Waals surface area contributed by atoms with Crippen LogP contribution in [0.4, 0.5) is 0 Å². The summed E-state index contributed by atoms with van der Waals surface area (Å²) in [6.07, 6.45) is 5.41. The molecule has 4 aromatic carbocycles. The fourth-order valence-electron chi connectivity index (χ4n) is 7.18. The molecule has 0 fully saturated rings. The topological polar surface area (TPSA) is 54.1 Å². The van der Waals surface area contributed by atoms with E-state index in [9.17, 15) is 0 Å². The number of rotatable bonds is 11. The van der Waals surface area contributed by atoms with Gasteiger partial charge in [-0.1, -0.05) is 81.6 Å². The van der Waals surface area contributed by atoms with Gasteiger partial charge in [-0.25, -0.2) is 4.98 Å². The Kier molecular flexibility index (Phi) is 10.6. The van der Waals surface area contributed by atoms with Crippen LogP contribution in [0.15, 0.2) is 97.2 Å². The maximum Gasteiger partial charge on any atom is 2.00 e. The maximum absolute atomic E-state index is 6.46. The minimum absolute atomic E-state index is 0. The van der Waals surface area contributed by atoms with E-state index in [4.69, 9.17) is 19.6 Å². The Morgan fingerprint density at radius 1 is 0.840 bits per heavy atom. The molecule has 2 atom stereocenters. The maximum atomic E-state index is 6.46. The number of hydrogen-bond acceptors (Lipinski definition) is 4. The summed E-state index contributed by atoms with van der Waals surface area (Å²) >= 11 is 0. The Labute approximate surface area is 309 Å². The van der Waals surface area contributed by atoms with Gasteiger partial charge in [0.25, 0.3) is 0 Å². The van der Waals surface area contributed by atoms with E-state index in [-0.39, 0.29) is 21.1 Å². The summed E-state index contributed by atoms with van der Waals surface area (Å²) in [5, 5.41) is 7.14. The molecule has 0 spiro atoms. The van der Waals surface area contributed by atoms with Gasteiger partial charge in [0.1, 0.15) is 11.6 Å². The van der Waals surface area contributed by atoms with Gasteiger partial charge in [-0.05, 0) is 66.4 Å². The Bertz CT molecular complexity index is 2260. The van der Waals surface area contributed by atoms with Crippen LogP contribution in [-0.4, -0.2) is 26.4 Å². The minimum atomic E-state index is 0. The summed E-state index contributed by atoms with van der Waals surface area (Å²) in [6, 6.07) is 38.1. The molecule has 0 saturated carbocycles. The van der Waals surface area contributed by atoms with Gasteiger partial charge in [-0.3, -0.25) is 4.68 Å². The van der Waals surface area contributed by atoms with Crippen molar-refractivity contribution in [2.75, 3.05) is 7.11 Å². The Morgan fingerprint density at radius 3 is 2.42 bits per heavy atom. The van der Waals surface area contributed by atoms with Crippen LogP contribution in [0.5, 0.6) is 17.2 Å². The van der Waals surface area contributed by atoms with E-state index >= 15 is 0 Å². The molecule has 3 aromatic heterocycles. The van der Waals surface area contributed by atoms with Crippen LogP contribution in [0.1, 0.15) is 62.9 Å². The zero-order valence-corrected chi connectivity index (χ0v) is 31.7. The first-order valence-corrected chi connectivity index (χ1v) is 17.2. The van der Waals surface area contributed by atoms with Gasteiger partial charge >= 0.3 is 21.1 Å². The summed E-state index contributed by atoms with van der Waals surface area (Å²) in [5.74, 6) is 3.83. The third kappa shape index (κ3) is 6.87. The van der Waals surface area contributed by atoms with Gasteiger partial charge in [-0.2, -0.15) is 17.2 Å². The molecule has 3 heterocycles. The van der Waals surface area contributed by atoms with E-state index in [0.29, 0.717) is 23.3 Å². The quantitative estimate of drug-likeness (QED) is 0.122. The van der Waals surface area contributed by atoms with E-state index in [1.165, 1.54) is 30.2 Å². The van der Waals surface area contributed by atoms with Crippen molar-refractivity contribution in [2.24, 2.45) is 5.92 Å². The summed E-state index contributed by atoms with van der Waals surface area (Å²) in [6.45, 7) is 11.1. The first-order valence-electron chi connectivity index (χ1n) is 17.2. The number of pyridine rings is 1. The van der Waals surface area contributed by atoms with Gasteiger partial charge in [0.2, 0.25) is 0 Å². The predicted molar refractivity (Wildman–Crippen MR) is 198 cm³/mol. The fourth-order valence-corrected chi connectivity index (χ4v) is 7.18. The molecule has 7 heteroatoms. The summed E-state index contributed by atoms with van der Waals surface area (Å²) in [5.41, 5.74) is 8.40. The van der Waals surface area contributed by atoms with Crippen molar-refractivity contribution >= 4 is 21.8 Å². The Morgan fingerprint density at radius 2 is 1.64 bits per heavy atom. The van der Waals surface area contributed by atoms with Crippen molar-refractivity contribution in [1.82, 2.24) is 19.3 Å². The number of nitrogens with zero attached hydrogens (tertiary/aromatic N) is 4. The van der Waals surface area contributed by atoms with Gasteiger partial charge < -0.3 is 14.0 Å². The van der Waals surface area contributed by atoms with E-state index < -0.39 is 0 Å². The second-order valence-corrected chi connectivity index (χ2v) is 13.1. The number of methoxy groups -OCH3 is 1. The van der Waals surface area contributed by atoms with Crippen LogP contribution in [0, 0.1) is 31.9 Å². The SMILES string of the molecule is CCCC(C)CC(C)c1ccc2c(c1)c1ccc(Oc3[c-]c(-n4nc(C)c(-c5ccccc5)c4C)ccc3)[c-]c1n2-c1cc(OC)ccn1.[Pt+2]. The van der Waals surface area contributed by atoms with Crippen molar-refractivity contribution in [2.45, 2.75) is 59.8 Å². The minimum Gasteiger partial charge on any atom is -0.509 e. The Balaban J connectivity index is 0.00000432. The summed E-state index contributed by atoms with van der Waals surface area (Å²) in [7, 11) is 1.68. The van der Waals surface area contributed by atoms with Crippen LogP contribution in [0.2, 0.25) is 0 Å². The van der Waals surface area contributed by atoms with E-state index in [0.717, 1.165) is 56.2 Å². The first-order chi connectivity index (χ1) is 23.8. The van der Waals surface area contributed by atoms with Crippen LogP contribution in [-0.2, 0) is 21.1 Å². The molecule has 0 radical (unpaired) electrons. The van der Waals surface area contributed by atoms with E-state index in [1.54, 1.807) is 13.3 Å². The number of fused-ring (bicyclic) bond motifs is 3. The molecule has 6 nitrogen and oxygen atoms in total. The number of aromatic nitrogens is 4. The zero-order valence-electron chi connectivity index (χ0n) is 29.4. The third-order valence-electron chi connectivity index (χ3n) is 9.52. The van der Waals surface area contributed by atoms with Gasteiger partial charge in [-0.15, -0.1) is 35.7 Å². The molecular weight excluding hydrogens is 800 g/mol. The van der Waals surface area contributed by atoms with Crippen LogP contribution < -0.4 is 9.47 Å². The average Bonchev–Trinajstić information content (AvgIpc) is 3.60. The third-order valence-corrected chi connectivity index (χ3v) is 9.52. The predicted octanol–water partition coefficient (Wildman–Crippen LogP) is 11.0. The molecule has 2 unspecified atom stereocenters. The number of benzene rings is 4. The molecule has 7 aromatic rings.